The maximum Gasteiger partial charge on any atom is 0.223 e. The van der Waals surface area contributed by atoms with Crippen LogP contribution in [0.3, 0.4) is 0 Å². The van der Waals surface area contributed by atoms with E-state index in [4.69, 9.17) is 0 Å². The van der Waals surface area contributed by atoms with Gasteiger partial charge in [-0.25, -0.2) is 4.39 Å². The Morgan fingerprint density at radius 2 is 1.57 bits per heavy atom. The molecule has 1 amide bonds. The fourth-order valence-corrected chi connectivity index (χ4v) is 4.74. The van der Waals surface area contributed by atoms with Crippen molar-refractivity contribution in [3.8, 4) is 0 Å². The van der Waals surface area contributed by atoms with Crippen molar-refractivity contribution in [2.24, 2.45) is 0 Å². The van der Waals surface area contributed by atoms with E-state index in [-0.39, 0.29) is 17.6 Å². The third-order valence-electron chi connectivity index (χ3n) is 6.34. The first-order chi connectivity index (χ1) is 13.7. The number of nitrogens with zero attached hydrogens (tertiary/aromatic N) is 2. The van der Waals surface area contributed by atoms with Crippen LogP contribution in [-0.4, -0.2) is 47.9 Å². The van der Waals surface area contributed by atoms with Crippen LogP contribution in [0.15, 0.2) is 54.6 Å². The van der Waals surface area contributed by atoms with Crippen molar-refractivity contribution in [3.63, 3.8) is 0 Å². The molecule has 2 aromatic carbocycles. The highest BCUT2D eigenvalue weighted by atomic mass is 19.1. The minimum Gasteiger partial charge on any atom is -0.343 e. The van der Waals surface area contributed by atoms with Gasteiger partial charge in [0, 0.05) is 31.5 Å². The number of hydrogen-bond acceptors (Lipinski definition) is 2. The van der Waals surface area contributed by atoms with Gasteiger partial charge in [-0.15, -0.1) is 0 Å². The van der Waals surface area contributed by atoms with Gasteiger partial charge in [-0.2, -0.15) is 0 Å². The zero-order valence-corrected chi connectivity index (χ0v) is 16.4. The highest BCUT2D eigenvalue weighted by molar-refractivity contribution is 5.78. The van der Waals surface area contributed by atoms with Crippen LogP contribution < -0.4 is 0 Å². The van der Waals surface area contributed by atoms with E-state index in [0.29, 0.717) is 18.0 Å². The highest BCUT2D eigenvalue weighted by Gasteiger charge is 2.30. The molecule has 2 heterocycles. The lowest BCUT2D eigenvalue weighted by Crippen LogP contribution is -2.46. The summed E-state index contributed by atoms with van der Waals surface area (Å²) in [5.41, 5.74) is 1.60. The first-order valence-corrected chi connectivity index (χ1v) is 10.5. The summed E-state index contributed by atoms with van der Waals surface area (Å²) in [7, 11) is 0. The molecule has 0 aromatic heterocycles. The number of carbonyl (C=O) groups is 1. The van der Waals surface area contributed by atoms with Crippen LogP contribution >= 0.6 is 0 Å². The smallest absolute Gasteiger partial charge is 0.223 e. The Morgan fingerprint density at radius 3 is 2.25 bits per heavy atom. The lowest BCUT2D eigenvalue weighted by molar-refractivity contribution is -0.133. The second-order valence-corrected chi connectivity index (χ2v) is 8.04. The van der Waals surface area contributed by atoms with E-state index < -0.39 is 0 Å². The van der Waals surface area contributed by atoms with Gasteiger partial charge in [-0.05, 0) is 56.0 Å². The molecule has 0 saturated carbocycles. The molecule has 0 bridgehead atoms. The number of hydrogen-bond donors (Lipinski definition) is 0. The topological polar surface area (TPSA) is 23.6 Å². The van der Waals surface area contributed by atoms with Crippen LogP contribution in [0.1, 0.15) is 49.1 Å². The predicted octanol–water partition coefficient (Wildman–Crippen LogP) is 4.43. The molecule has 1 unspecified atom stereocenters. The molecular formula is C24H29FN2O. The molecular weight excluding hydrogens is 351 g/mol. The van der Waals surface area contributed by atoms with Gasteiger partial charge in [0.15, 0.2) is 0 Å². The van der Waals surface area contributed by atoms with Gasteiger partial charge in [0.2, 0.25) is 5.91 Å². The minimum atomic E-state index is -0.244. The Bertz CT molecular complexity index is 780. The van der Waals surface area contributed by atoms with Gasteiger partial charge in [0.25, 0.3) is 0 Å². The second-order valence-electron chi connectivity index (χ2n) is 8.04. The Labute approximate surface area is 167 Å². The molecule has 1 atom stereocenters. The Kier molecular flexibility index (Phi) is 6.06. The summed E-state index contributed by atoms with van der Waals surface area (Å²) in [5, 5.41) is 0. The summed E-state index contributed by atoms with van der Waals surface area (Å²) < 4.78 is 14.5. The molecule has 2 aliphatic rings. The summed E-state index contributed by atoms with van der Waals surface area (Å²) in [6.07, 6.45) is 5.04. The molecule has 2 saturated heterocycles. The van der Waals surface area contributed by atoms with Crippen molar-refractivity contribution in [1.29, 1.82) is 0 Å². The van der Waals surface area contributed by atoms with Gasteiger partial charge in [-0.1, -0.05) is 48.5 Å². The largest absolute Gasteiger partial charge is 0.343 e. The molecule has 148 valence electrons. The van der Waals surface area contributed by atoms with Crippen LogP contribution in [0.5, 0.6) is 0 Å². The van der Waals surface area contributed by atoms with E-state index >= 15 is 0 Å². The predicted molar refractivity (Wildman–Crippen MR) is 110 cm³/mol. The summed E-state index contributed by atoms with van der Waals surface area (Å²) in [4.78, 5) is 17.7. The number of rotatable bonds is 5. The van der Waals surface area contributed by atoms with Crippen molar-refractivity contribution in [3.05, 3.63) is 71.5 Å². The molecule has 2 aromatic rings. The molecule has 4 rings (SSSR count). The average molecular weight is 381 g/mol. The zero-order valence-electron chi connectivity index (χ0n) is 16.4. The molecule has 28 heavy (non-hydrogen) atoms. The number of amides is 1. The van der Waals surface area contributed by atoms with Gasteiger partial charge < -0.3 is 9.80 Å². The van der Waals surface area contributed by atoms with Gasteiger partial charge in [0.05, 0.1) is 0 Å². The first-order valence-electron chi connectivity index (χ1n) is 10.5. The number of likely N-dealkylation sites (tertiary alicyclic amines) is 2. The monoisotopic (exact) mass is 380 g/mol. The van der Waals surface area contributed by atoms with Crippen molar-refractivity contribution < 1.29 is 9.18 Å². The first kappa shape index (κ1) is 19.1. The van der Waals surface area contributed by atoms with Gasteiger partial charge >= 0.3 is 0 Å². The summed E-state index contributed by atoms with van der Waals surface area (Å²) in [6, 6.07) is 17.3. The molecule has 3 nitrogen and oxygen atoms in total. The van der Waals surface area contributed by atoms with Crippen LogP contribution in [0.2, 0.25) is 0 Å². The standard InChI is InChI=1S/C24H29FN2O/c25-23-11-5-4-10-21(23)22(19-8-2-1-3-9-19)18-24(28)27-16-12-20(13-17-27)26-14-6-7-15-26/h1-5,8-11,20,22H,6-7,12-18H2. The van der Waals surface area contributed by atoms with Crippen molar-refractivity contribution in [2.45, 2.75) is 44.1 Å². The maximum absolute atomic E-state index is 14.5. The third kappa shape index (κ3) is 4.27. The minimum absolute atomic E-state index is 0.136. The lowest BCUT2D eigenvalue weighted by Gasteiger charge is -2.37. The SMILES string of the molecule is O=C(CC(c1ccccc1)c1ccccc1F)N1CCC(N2CCCC2)CC1. The molecule has 4 heteroatoms. The average Bonchev–Trinajstić information content (AvgIpc) is 3.28. The third-order valence-corrected chi connectivity index (χ3v) is 6.34. The van der Waals surface area contributed by atoms with Gasteiger partial charge in [0.1, 0.15) is 5.82 Å². The maximum atomic E-state index is 14.5. The van der Waals surface area contributed by atoms with Crippen LogP contribution in [0.25, 0.3) is 0 Å². The second kappa shape index (κ2) is 8.87. The number of carbonyl (C=O) groups excluding carboxylic acids is 1. The molecule has 0 spiro atoms. The van der Waals surface area contributed by atoms with E-state index in [1.54, 1.807) is 12.1 Å². The molecule has 2 aliphatic heterocycles. The van der Waals surface area contributed by atoms with Gasteiger partial charge in [-0.3, -0.25) is 4.79 Å². The normalized spacial score (nSPS) is 19.7. The Balaban J connectivity index is 1.45. The number of halogens is 1. The molecule has 0 aliphatic carbocycles. The lowest BCUT2D eigenvalue weighted by atomic mass is 9.87. The highest BCUT2D eigenvalue weighted by Crippen LogP contribution is 2.31. The van der Waals surface area contributed by atoms with E-state index in [1.165, 1.54) is 32.0 Å². The van der Waals surface area contributed by atoms with Crippen molar-refractivity contribution in [2.75, 3.05) is 26.2 Å². The molecule has 2 fully saturated rings. The Hall–Kier alpha value is -2.20. The fourth-order valence-electron chi connectivity index (χ4n) is 4.74. The van der Waals surface area contributed by atoms with E-state index in [1.807, 2.05) is 41.3 Å². The zero-order chi connectivity index (χ0) is 19.3. The summed E-state index contributed by atoms with van der Waals surface area (Å²) >= 11 is 0. The Morgan fingerprint density at radius 1 is 0.929 bits per heavy atom. The van der Waals surface area contributed by atoms with E-state index in [2.05, 4.69) is 4.90 Å². The van der Waals surface area contributed by atoms with Crippen LogP contribution in [-0.2, 0) is 4.79 Å². The molecule has 0 N–H and O–H groups in total. The van der Waals surface area contributed by atoms with E-state index in [9.17, 15) is 9.18 Å². The van der Waals surface area contributed by atoms with E-state index in [0.717, 1.165) is 31.5 Å². The van der Waals surface area contributed by atoms with Crippen molar-refractivity contribution in [1.82, 2.24) is 9.80 Å². The van der Waals surface area contributed by atoms with Crippen LogP contribution in [0.4, 0.5) is 4.39 Å². The van der Waals surface area contributed by atoms with Crippen LogP contribution in [0, 0.1) is 5.82 Å². The fraction of sp³-hybridized carbons (Fsp3) is 0.458. The summed E-state index contributed by atoms with van der Waals surface area (Å²) in [5.74, 6) is -0.347. The number of piperidine rings is 1. The number of benzene rings is 2. The summed E-state index contributed by atoms with van der Waals surface area (Å²) in [6.45, 7) is 4.06. The van der Waals surface area contributed by atoms with Crippen molar-refractivity contribution >= 4 is 5.91 Å². The molecule has 0 radical (unpaired) electrons. The quantitative estimate of drug-likeness (QED) is 0.766.